The second-order valence-electron chi connectivity index (χ2n) is 6.32. The molecule has 2 bridgehead atoms. The van der Waals surface area contributed by atoms with E-state index < -0.39 is 0 Å². The van der Waals surface area contributed by atoms with Crippen LogP contribution in [0.25, 0.3) is 22.4 Å². The normalized spacial score (nSPS) is 27.5. The zero-order chi connectivity index (χ0) is 14.5. The van der Waals surface area contributed by atoms with E-state index in [2.05, 4.69) is 25.2 Å². The van der Waals surface area contributed by atoms with Gasteiger partial charge in [-0.1, -0.05) is 23.4 Å². The first-order valence-corrected chi connectivity index (χ1v) is 7.88. The Morgan fingerprint density at radius 1 is 1.18 bits per heavy atom. The number of hydrogen-bond acceptors (Lipinski definition) is 5. The zero-order valence-electron chi connectivity index (χ0n) is 12.2. The lowest BCUT2D eigenvalue weighted by Gasteiger charge is -2.43. The number of fused-ring (bicyclic) bond motifs is 4. The molecular weight excluding hydrogens is 278 g/mol. The fourth-order valence-electron chi connectivity index (χ4n) is 3.86. The predicted octanol–water partition coefficient (Wildman–Crippen LogP) is 2.42. The fourth-order valence-corrected chi connectivity index (χ4v) is 3.86. The minimum atomic E-state index is 0.383. The van der Waals surface area contributed by atoms with E-state index in [4.69, 9.17) is 4.52 Å². The smallest absolute Gasteiger partial charge is 0.231 e. The highest BCUT2D eigenvalue weighted by Crippen LogP contribution is 2.38. The molecular formula is C16H17N5O. The van der Waals surface area contributed by atoms with Gasteiger partial charge in [0, 0.05) is 11.9 Å². The molecule has 1 N–H and O–H groups in total. The molecule has 0 saturated carbocycles. The average molecular weight is 295 g/mol. The van der Waals surface area contributed by atoms with Gasteiger partial charge in [0.25, 0.3) is 0 Å². The van der Waals surface area contributed by atoms with Gasteiger partial charge < -0.3 is 9.42 Å². The van der Waals surface area contributed by atoms with Crippen LogP contribution in [0.2, 0.25) is 0 Å². The van der Waals surface area contributed by atoms with Crippen molar-refractivity contribution < 1.29 is 4.52 Å². The molecule has 6 heteroatoms. The molecule has 0 spiro atoms. The molecule has 3 fully saturated rings. The third-order valence-electron chi connectivity index (χ3n) is 5.10. The summed E-state index contributed by atoms with van der Waals surface area (Å²) in [4.78, 5) is 7.16. The van der Waals surface area contributed by atoms with E-state index in [-0.39, 0.29) is 0 Å². The number of rotatable bonds is 2. The number of nitrogens with zero attached hydrogens (tertiary/aromatic N) is 4. The maximum Gasteiger partial charge on any atom is 0.231 e. The maximum atomic E-state index is 5.59. The molecule has 112 valence electrons. The molecule has 22 heavy (non-hydrogen) atoms. The lowest BCUT2D eigenvalue weighted by Crippen LogP contribution is -2.46. The summed E-state index contributed by atoms with van der Waals surface area (Å²) >= 11 is 0. The van der Waals surface area contributed by atoms with E-state index in [1.54, 1.807) is 0 Å². The summed E-state index contributed by atoms with van der Waals surface area (Å²) in [5, 5.41) is 12.6. The van der Waals surface area contributed by atoms with E-state index in [1.807, 2.05) is 24.3 Å². The van der Waals surface area contributed by atoms with Gasteiger partial charge >= 0.3 is 0 Å². The quantitative estimate of drug-likeness (QED) is 0.786. The Balaban J connectivity index is 1.51. The highest BCUT2D eigenvalue weighted by molar-refractivity contribution is 5.90. The summed E-state index contributed by atoms with van der Waals surface area (Å²) in [6.07, 6.45) is 2.49. The molecule has 1 atom stereocenters. The average Bonchev–Trinajstić information content (AvgIpc) is 3.22. The Morgan fingerprint density at radius 2 is 2.05 bits per heavy atom. The predicted molar refractivity (Wildman–Crippen MR) is 81.3 cm³/mol. The van der Waals surface area contributed by atoms with Gasteiger partial charge in [0.15, 0.2) is 0 Å². The van der Waals surface area contributed by atoms with E-state index in [0.717, 1.165) is 29.0 Å². The van der Waals surface area contributed by atoms with Crippen molar-refractivity contribution in [2.24, 2.45) is 5.92 Å². The Labute approximate surface area is 127 Å². The minimum absolute atomic E-state index is 0.383. The topological polar surface area (TPSA) is 70.8 Å². The molecule has 3 saturated heterocycles. The second-order valence-corrected chi connectivity index (χ2v) is 6.32. The Morgan fingerprint density at radius 3 is 2.86 bits per heavy atom. The largest absolute Gasteiger partial charge is 0.339 e. The molecule has 3 aromatic rings. The number of hydrogen-bond donors (Lipinski definition) is 1. The standard InChI is InChI=1S/C16H17N5O/c1-2-4-13-11(3-1)14(19-18-13)15-17-16(22-20-15)12-9-21-7-5-10(12)6-8-21/h1-4,10,12H,5-9H2,(H,18,19). The molecule has 0 aliphatic carbocycles. The molecule has 0 radical (unpaired) electrons. The van der Waals surface area contributed by atoms with Crippen LogP contribution in [0.1, 0.15) is 24.7 Å². The highest BCUT2D eigenvalue weighted by Gasteiger charge is 2.38. The first kappa shape index (κ1) is 12.3. The first-order valence-electron chi connectivity index (χ1n) is 7.88. The van der Waals surface area contributed by atoms with Gasteiger partial charge in [-0.05, 0) is 37.9 Å². The molecule has 2 aromatic heterocycles. The molecule has 6 rings (SSSR count). The van der Waals surface area contributed by atoms with Crippen LogP contribution >= 0.6 is 0 Å². The van der Waals surface area contributed by atoms with Crippen LogP contribution in [-0.4, -0.2) is 44.9 Å². The van der Waals surface area contributed by atoms with E-state index in [9.17, 15) is 0 Å². The van der Waals surface area contributed by atoms with Crippen molar-refractivity contribution >= 4 is 10.9 Å². The first-order chi connectivity index (χ1) is 10.9. The Hall–Kier alpha value is -2.21. The maximum absolute atomic E-state index is 5.59. The summed E-state index contributed by atoms with van der Waals surface area (Å²) in [5.74, 6) is 2.43. The van der Waals surface area contributed by atoms with Crippen LogP contribution in [-0.2, 0) is 0 Å². The van der Waals surface area contributed by atoms with Gasteiger partial charge in [-0.25, -0.2) is 0 Å². The summed E-state index contributed by atoms with van der Waals surface area (Å²) in [7, 11) is 0. The molecule has 1 unspecified atom stereocenters. The van der Waals surface area contributed by atoms with Gasteiger partial charge in [-0.2, -0.15) is 10.1 Å². The summed E-state index contributed by atoms with van der Waals surface area (Å²) in [5.41, 5.74) is 1.76. The van der Waals surface area contributed by atoms with Crippen LogP contribution in [0.3, 0.4) is 0 Å². The Kier molecular flexibility index (Phi) is 2.61. The number of para-hydroxylation sites is 1. The van der Waals surface area contributed by atoms with Crippen LogP contribution < -0.4 is 0 Å². The number of H-pyrrole nitrogens is 1. The van der Waals surface area contributed by atoms with Gasteiger partial charge in [-0.3, -0.25) is 5.10 Å². The third kappa shape index (κ3) is 1.80. The lowest BCUT2D eigenvalue weighted by atomic mass is 9.79. The van der Waals surface area contributed by atoms with Crippen molar-refractivity contribution in [3.63, 3.8) is 0 Å². The highest BCUT2D eigenvalue weighted by atomic mass is 16.5. The molecule has 3 aliphatic rings. The SMILES string of the molecule is c1ccc2c(-c3noc(C4CN5CCC4CC5)n3)n[nH]c2c1. The van der Waals surface area contributed by atoms with Crippen molar-refractivity contribution in [3.8, 4) is 11.5 Å². The number of aromatic nitrogens is 4. The molecule has 6 nitrogen and oxygen atoms in total. The van der Waals surface area contributed by atoms with Gasteiger partial charge in [0.2, 0.25) is 11.7 Å². The molecule has 1 aromatic carbocycles. The van der Waals surface area contributed by atoms with Crippen molar-refractivity contribution in [2.45, 2.75) is 18.8 Å². The summed E-state index contributed by atoms with van der Waals surface area (Å²) in [6.45, 7) is 3.48. The van der Waals surface area contributed by atoms with E-state index in [1.165, 1.54) is 25.9 Å². The van der Waals surface area contributed by atoms with Crippen LogP contribution in [0, 0.1) is 5.92 Å². The number of nitrogens with one attached hydrogen (secondary N) is 1. The van der Waals surface area contributed by atoms with Gasteiger partial charge in [-0.15, -0.1) is 0 Å². The van der Waals surface area contributed by atoms with Crippen LogP contribution in [0.5, 0.6) is 0 Å². The number of piperidine rings is 3. The Bertz CT molecular complexity index is 815. The summed E-state index contributed by atoms with van der Waals surface area (Å²) < 4.78 is 5.59. The zero-order valence-corrected chi connectivity index (χ0v) is 12.2. The van der Waals surface area contributed by atoms with Crippen molar-refractivity contribution in [3.05, 3.63) is 30.2 Å². The van der Waals surface area contributed by atoms with Crippen LogP contribution in [0.15, 0.2) is 28.8 Å². The van der Waals surface area contributed by atoms with Crippen molar-refractivity contribution in [2.75, 3.05) is 19.6 Å². The molecule has 5 heterocycles. The van der Waals surface area contributed by atoms with Crippen molar-refractivity contribution in [1.82, 2.24) is 25.2 Å². The fraction of sp³-hybridized carbons (Fsp3) is 0.438. The lowest BCUT2D eigenvalue weighted by molar-refractivity contribution is 0.0727. The van der Waals surface area contributed by atoms with E-state index in [0.29, 0.717) is 17.7 Å². The molecule has 3 aliphatic heterocycles. The second kappa shape index (κ2) is 4.64. The third-order valence-corrected chi connectivity index (χ3v) is 5.10. The van der Waals surface area contributed by atoms with E-state index >= 15 is 0 Å². The number of benzene rings is 1. The number of aromatic amines is 1. The molecule has 0 amide bonds. The van der Waals surface area contributed by atoms with Crippen LogP contribution in [0.4, 0.5) is 0 Å². The van der Waals surface area contributed by atoms with Gasteiger partial charge in [0.05, 0.1) is 11.4 Å². The monoisotopic (exact) mass is 295 g/mol. The summed E-state index contributed by atoms with van der Waals surface area (Å²) in [6, 6.07) is 8.01. The minimum Gasteiger partial charge on any atom is -0.339 e. The van der Waals surface area contributed by atoms with Gasteiger partial charge in [0.1, 0.15) is 5.69 Å². The van der Waals surface area contributed by atoms with Crippen molar-refractivity contribution in [1.29, 1.82) is 0 Å².